The number of hydrogen-bond acceptors (Lipinski definition) is 5. The minimum atomic E-state index is -0.802. The van der Waals surface area contributed by atoms with E-state index in [1.807, 2.05) is 6.07 Å². The molecule has 0 amide bonds. The van der Waals surface area contributed by atoms with E-state index in [-0.39, 0.29) is 16.4 Å². The summed E-state index contributed by atoms with van der Waals surface area (Å²) in [5, 5.41) is 13.5. The number of benzene rings is 2. The molecule has 6 rings (SSSR count). The van der Waals surface area contributed by atoms with Crippen LogP contribution in [0.2, 0.25) is 0 Å². The quantitative estimate of drug-likeness (QED) is 0.231. The number of thiophene rings is 2. The molecule has 3 aromatic heterocycles. The fraction of sp³-hybridized carbons (Fsp3) is 0.250. The van der Waals surface area contributed by atoms with Crippen LogP contribution in [-0.4, -0.2) is 9.67 Å². The Hall–Kier alpha value is -3.48. The van der Waals surface area contributed by atoms with E-state index in [0.717, 1.165) is 14.8 Å². The predicted molar refractivity (Wildman–Crippen MR) is 161 cm³/mol. The molecule has 6 heteroatoms. The maximum atomic E-state index is 11.9. The Balaban J connectivity index is 1.51. The van der Waals surface area contributed by atoms with Crippen molar-refractivity contribution < 1.29 is 5.11 Å². The minimum absolute atomic E-state index is 0.0491. The first-order chi connectivity index (χ1) is 17.8. The van der Waals surface area contributed by atoms with Crippen LogP contribution in [0.4, 0.5) is 0 Å². The highest BCUT2D eigenvalue weighted by Crippen LogP contribution is 2.43. The summed E-state index contributed by atoms with van der Waals surface area (Å²) in [7, 11) is 0. The maximum absolute atomic E-state index is 11.9. The molecule has 38 heavy (non-hydrogen) atoms. The Morgan fingerprint density at radius 1 is 0.632 bits per heavy atom. The lowest BCUT2D eigenvalue weighted by atomic mass is 9.85. The van der Waals surface area contributed by atoms with Gasteiger partial charge in [0.15, 0.2) is 5.75 Å². The van der Waals surface area contributed by atoms with Crippen LogP contribution in [0.3, 0.4) is 0 Å². The summed E-state index contributed by atoms with van der Waals surface area (Å²) >= 11 is 3.11. The molecule has 0 aliphatic rings. The largest absolute Gasteiger partial charge is 0.503 e. The molecule has 0 saturated carbocycles. The average molecular weight is 540 g/mol. The second-order valence-corrected chi connectivity index (χ2v) is 14.1. The lowest BCUT2D eigenvalue weighted by Crippen LogP contribution is -2.31. The van der Waals surface area contributed by atoms with Crippen LogP contribution in [0, 0.1) is 0 Å². The molecule has 0 aliphatic carbocycles. The van der Waals surface area contributed by atoms with Crippen molar-refractivity contribution in [2.75, 3.05) is 0 Å². The highest BCUT2D eigenvalue weighted by Gasteiger charge is 2.24. The first-order valence-corrected chi connectivity index (χ1v) is 14.3. The first kappa shape index (κ1) is 24.8. The number of hydrogen-bond donors (Lipinski definition) is 1. The Kier molecular flexibility index (Phi) is 5.40. The molecule has 0 radical (unpaired) electrons. The molecule has 6 aromatic rings. The normalized spacial score (nSPS) is 12.8. The Morgan fingerprint density at radius 3 is 1.66 bits per heavy atom. The van der Waals surface area contributed by atoms with Crippen molar-refractivity contribution in [3.05, 3.63) is 92.2 Å². The third-order valence-corrected chi connectivity index (χ3v) is 9.66. The predicted octanol–water partition coefficient (Wildman–Crippen LogP) is 8.14. The van der Waals surface area contributed by atoms with Gasteiger partial charge in [0.2, 0.25) is 5.43 Å². The third-order valence-electron chi connectivity index (χ3n) is 7.29. The topological polar surface area (TPSA) is 59.3 Å². The molecular weight excluding hydrogens is 510 g/mol. The standard InChI is InChI=1S/C32H29NO3S2/c1-31(2,3)17-7-9-21-19(15-17)20-16-18(32(4,5)6)8-10-22(20)33(21)26-14-13-24(38-26)23-11-12-25(37-23)27-28(34)30(36)29(27)35/h7-16,34H,1-6H3. The molecule has 192 valence electrons. The smallest absolute Gasteiger partial charge is 0.268 e. The molecular formula is C32H29NO3S2. The molecule has 0 atom stereocenters. The van der Waals surface area contributed by atoms with Crippen molar-refractivity contribution >= 4 is 44.5 Å². The summed E-state index contributed by atoms with van der Waals surface area (Å²) in [6, 6.07) is 21.6. The fourth-order valence-corrected chi connectivity index (χ4v) is 7.16. The van der Waals surface area contributed by atoms with E-state index in [9.17, 15) is 14.7 Å². The third kappa shape index (κ3) is 3.77. The van der Waals surface area contributed by atoms with Gasteiger partial charge in [-0.3, -0.25) is 9.59 Å². The van der Waals surface area contributed by atoms with Crippen molar-refractivity contribution in [3.63, 3.8) is 0 Å². The zero-order valence-electron chi connectivity index (χ0n) is 22.3. The van der Waals surface area contributed by atoms with Gasteiger partial charge in [0.25, 0.3) is 5.43 Å². The molecule has 0 spiro atoms. The van der Waals surface area contributed by atoms with E-state index < -0.39 is 16.6 Å². The molecule has 0 fully saturated rings. The molecule has 1 N–H and O–H groups in total. The van der Waals surface area contributed by atoms with E-state index in [4.69, 9.17) is 0 Å². The van der Waals surface area contributed by atoms with Crippen LogP contribution in [0.15, 0.2) is 70.3 Å². The monoisotopic (exact) mass is 539 g/mol. The fourth-order valence-electron chi connectivity index (χ4n) is 4.99. The molecule has 4 nitrogen and oxygen atoms in total. The zero-order valence-corrected chi connectivity index (χ0v) is 23.9. The second-order valence-electron chi connectivity index (χ2n) is 12.0. The number of aromatic hydroxyl groups is 1. The van der Waals surface area contributed by atoms with Gasteiger partial charge in [-0.25, -0.2) is 0 Å². The number of rotatable bonds is 3. The summed E-state index contributed by atoms with van der Waals surface area (Å²) in [5.41, 5.74) is 3.78. The molecule has 0 bridgehead atoms. The number of aromatic nitrogens is 1. The van der Waals surface area contributed by atoms with Gasteiger partial charge in [-0.2, -0.15) is 0 Å². The van der Waals surface area contributed by atoms with Gasteiger partial charge in [0, 0.05) is 25.4 Å². The van der Waals surface area contributed by atoms with Gasteiger partial charge in [-0.1, -0.05) is 53.7 Å². The van der Waals surface area contributed by atoms with Crippen molar-refractivity contribution in [3.8, 4) is 30.9 Å². The van der Waals surface area contributed by atoms with E-state index in [1.54, 1.807) is 17.4 Å². The van der Waals surface area contributed by atoms with Crippen LogP contribution >= 0.6 is 22.7 Å². The van der Waals surface area contributed by atoms with Gasteiger partial charge < -0.3 is 9.67 Å². The lowest BCUT2D eigenvalue weighted by molar-refractivity contribution is 0.466. The van der Waals surface area contributed by atoms with Crippen LogP contribution in [0.25, 0.3) is 47.0 Å². The summed E-state index contributed by atoms with van der Waals surface area (Å²) in [4.78, 5) is 26.1. The van der Waals surface area contributed by atoms with Crippen LogP contribution < -0.4 is 10.9 Å². The van der Waals surface area contributed by atoms with Gasteiger partial charge in [-0.15, -0.1) is 22.7 Å². The number of fused-ring (bicyclic) bond motifs is 3. The summed E-state index contributed by atoms with van der Waals surface area (Å²) in [6.45, 7) is 13.5. The maximum Gasteiger partial charge on any atom is 0.268 e. The Morgan fingerprint density at radius 2 is 1.13 bits per heavy atom. The van der Waals surface area contributed by atoms with E-state index in [0.29, 0.717) is 4.88 Å². The van der Waals surface area contributed by atoms with Crippen LogP contribution in [0.5, 0.6) is 5.75 Å². The Labute approximate surface area is 229 Å². The highest BCUT2D eigenvalue weighted by molar-refractivity contribution is 7.24. The highest BCUT2D eigenvalue weighted by atomic mass is 32.1. The minimum Gasteiger partial charge on any atom is -0.503 e. The van der Waals surface area contributed by atoms with Crippen molar-refractivity contribution in [2.24, 2.45) is 0 Å². The van der Waals surface area contributed by atoms with Gasteiger partial charge in [-0.05, 0) is 70.5 Å². The number of nitrogens with zero attached hydrogens (tertiary/aromatic N) is 1. The molecule has 0 aliphatic heterocycles. The van der Waals surface area contributed by atoms with Crippen molar-refractivity contribution in [1.29, 1.82) is 0 Å². The Bertz CT molecular complexity index is 1870. The van der Waals surface area contributed by atoms with E-state index in [1.165, 1.54) is 44.3 Å². The zero-order chi connectivity index (χ0) is 27.1. The second kappa shape index (κ2) is 8.26. The molecule has 3 aromatic carbocycles. The van der Waals surface area contributed by atoms with E-state index >= 15 is 0 Å². The first-order valence-electron chi connectivity index (χ1n) is 12.7. The van der Waals surface area contributed by atoms with Gasteiger partial charge in [0.1, 0.15) is 5.00 Å². The lowest BCUT2D eigenvalue weighted by Gasteiger charge is -2.19. The van der Waals surface area contributed by atoms with E-state index in [2.05, 4.69) is 94.6 Å². The average Bonchev–Trinajstić information content (AvgIpc) is 3.59. The van der Waals surface area contributed by atoms with Crippen LogP contribution in [-0.2, 0) is 10.8 Å². The van der Waals surface area contributed by atoms with Crippen LogP contribution in [0.1, 0.15) is 52.7 Å². The molecule has 0 saturated heterocycles. The molecule has 0 unspecified atom stereocenters. The van der Waals surface area contributed by atoms with Gasteiger partial charge >= 0.3 is 0 Å². The van der Waals surface area contributed by atoms with Crippen molar-refractivity contribution in [1.82, 2.24) is 4.57 Å². The SMILES string of the molecule is CC(C)(C)c1ccc2c(c1)c1cc(C(C)(C)C)ccc1n2-c1ccc(-c2ccc(-c3c(O)c(=O)c3=O)s2)s1. The van der Waals surface area contributed by atoms with Crippen molar-refractivity contribution in [2.45, 2.75) is 52.4 Å². The summed E-state index contributed by atoms with van der Waals surface area (Å²) in [6.07, 6.45) is 0. The summed E-state index contributed by atoms with van der Waals surface area (Å²) in [5.74, 6) is -0.426. The summed E-state index contributed by atoms with van der Waals surface area (Å²) < 4.78 is 2.34. The van der Waals surface area contributed by atoms with Gasteiger partial charge in [0.05, 0.1) is 16.6 Å². The molecule has 3 heterocycles.